The van der Waals surface area contributed by atoms with E-state index in [1.165, 1.54) is 17.4 Å². The summed E-state index contributed by atoms with van der Waals surface area (Å²) in [6.07, 6.45) is 3.96. The highest BCUT2D eigenvalue weighted by Gasteiger charge is 2.14. The largest absolute Gasteiger partial charge is 0.313 e. The molecule has 22 heavy (non-hydrogen) atoms. The molecule has 110 valence electrons. The van der Waals surface area contributed by atoms with E-state index in [0.29, 0.717) is 6.42 Å². The lowest BCUT2D eigenvalue weighted by Gasteiger charge is -2.02. The molecule has 0 atom stereocenters. The van der Waals surface area contributed by atoms with Crippen molar-refractivity contribution in [2.24, 2.45) is 0 Å². The monoisotopic (exact) mass is 309 g/mol. The molecule has 1 N–H and O–H groups in total. The Morgan fingerprint density at radius 2 is 2.00 bits per heavy atom. The quantitative estimate of drug-likeness (QED) is 0.587. The van der Waals surface area contributed by atoms with Crippen LogP contribution < -0.4 is 5.56 Å². The second-order valence-electron chi connectivity index (χ2n) is 5.07. The zero-order chi connectivity index (χ0) is 15.5. The molecule has 0 fully saturated rings. The second-order valence-corrected chi connectivity index (χ2v) is 5.99. The van der Waals surface area contributed by atoms with Gasteiger partial charge in [-0.2, -0.15) is 0 Å². The summed E-state index contributed by atoms with van der Waals surface area (Å²) in [6, 6.07) is 11.8. The van der Waals surface area contributed by atoms with E-state index in [-0.39, 0.29) is 16.9 Å². The van der Waals surface area contributed by atoms with Gasteiger partial charge in [0.15, 0.2) is 5.78 Å². The van der Waals surface area contributed by atoms with Gasteiger partial charge in [0.1, 0.15) is 4.83 Å². The Balaban J connectivity index is 1.87. The molecule has 3 aromatic rings. The standard InChI is InChI=1S/C18H15NO2S/c1-12-14-10-11-22-18(14)19-17(21)16(12)15(20)9-5-8-13-6-3-2-4-7-13/h2-7,9-11H,8H2,1H3,(H,19,21). The average molecular weight is 309 g/mol. The molecule has 3 nitrogen and oxygen atoms in total. The molecule has 1 aromatic carbocycles. The molecular formula is C18H15NO2S. The van der Waals surface area contributed by atoms with Gasteiger partial charge in [-0.15, -0.1) is 11.3 Å². The molecule has 0 saturated carbocycles. The molecule has 0 amide bonds. The first kappa shape index (κ1) is 14.5. The number of allylic oxidation sites excluding steroid dienone is 2. The van der Waals surface area contributed by atoms with Crippen LogP contribution >= 0.6 is 11.3 Å². The Kier molecular flexibility index (Phi) is 4.02. The molecule has 0 spiro atoms. The van der Waals surface area contributed by atoms with Crippen LogP contribution in [0.25, 0.3) is 10.2 Å². The van der Waals surface area contributed by atoms with Crippen molar-refractivity contribution in [3.05, 3.63) is 81.0 Å². The second kappa shape index (κ2) is 6.12. The number of benzene rings is 1. The Morgan fingerprint density at radius 3 is 2.77 bits per heavy atom. The fourth-order valence-corrected chi connectivity index (χ4v) is 3.31. The number of pyridine rings is 1. The number of hydrogen-bond acceptors (Lipinski definition) is 3. The lowest BCUT2D eigenvalue weighted by atomic mass is 10.0. The summed E-state index contributed by atoms with van der Waals surface area (Å²) in [5.74, 6) is -0.247. The van der Waals surface area contributed by atoms with Crippen molar-refractivity contribution in [1.29, 1.82) is 0 Å². The molecule has 0 aliphatic carbocycles. The normalized spacial score (nSPS) is 11.3. The van der Waals surface area contributed by atoms with Gasteiger partial charge in [-0.3, -0.25) is 9.59 Å². The number of fused-ring (bicyclic) bond motifs is 1. The first-order chi connectivity index (χ1) is 10.7. The number of rotatable bonds is 4. The summed E-state index contributed by atoms with van der Waals surface area (Å²) >= 11 is 1.47. The van der Waals surface area contributed by atoms with Gasteiger partial charge in [0.2, 0.25) is 0 Å². The van der Waals surface area contributed by atoms with E-state index in [9.17, 15) is 9.59 Å². The van der Waals surface area contributed by atoms with Crippen LogP contribution in [0.4, 0.5) is 0 Å². The van der Waals surface area contributed by atoms with Gasteiger partial charge in [-0.25, -0.2) is 0 Å². The van der Waals surface area contributed by atoms with E-state index in [2.05, 4.69) is 4.98 Å². The lowest BCUT2D eigenvalue weighted by Crippen LogP contribution is -2.18. The molecule has 0 radical (unpaired) electrons. The van der Waals surface area contributed by atoms with Crippen molar-refractivity contribution in [1.82, 2.24) is 4.98 Å². The minimum atomic E-state index is -0.318. The summed E-state index contributed by atoms with van der Waals surface area (Å²) in [5, 5.41) is 2.84. The molecular weight excluding hydrogens is 294 g/mol. The number of carbonyl (C=O) groups excluding carboxylic acids is 1. The smallest absolute Gasteiger partial charge is 0.260 e. The number of ketones is 1. The highest BCUT2D eigenvalue weighted by Crippen LogP contribution is 2.22. The van der Waals surface area contributed by atoms with Crippen molar-refractivity contribution in [3.8, 4) is 0 Å². The molecule has 4 heteroatoms. The van der Waals surface area contributed by atoms with Gasteiger partial charge in [0.05, 0.1) is 5.56 Å². The lowest BCUT2D eigenvalue weighted by molar-refractivity contribution is 0.104. The third kappa shape index (κ3) is 2.78. The molecule has 0 bridgehead atoms. The predicted octanol–water partition coefficient (Wildman–Crippen LogP) is 3.88. The van der Waals surface area contributed by atoms with Crippen molar-refractivity contribution >= 4 is 27.3 Å². The molecule has 0 aliphatic heterocycles. The highest BCUT2D eigenvalue weighted by molar-refractivity contribution is 7.16. The van der Waals surface area contributed by atoms with Crippen molar-refractivity contribution < 1.29 is 4.79 Å². The maximum Gasteiger partial charge on any atom is 0.260 e. The minimum Gasteiger partial charge on any atom is -0.313 e. The molecule has 0 unspecified atom stereocenters. The van der Waals surface area contributed by atoms with Crippen LogP contribution in [0.2, 0.25) is 0 Å². The van der Waals surface area contributed by atoms with E-state index in [1.54, 1.807) is 6.08 Å². The van der Waals surface area contributed by atoms with E-state index >= 15 is 0 Å². The molecule has 2 aromatic heterocycles. The van der Waals surface area contributed by atoms with E-state index in [4.69, 9.17) is 0 Å². The van der Waals surface area contributed by atoms with Crippen LogP contribution in [0, 0.1) is 6.92 Å². The molecule has 3 rings (SSSR count). The molecule has 2 heterocycles. The van der Waals surface area contributed by atoms with Gasteiger partial charge in [-0.05, 0) is 42.0 Å². The number of aromatic amines is 1. The van der Waals surface area contributed by atoms with Gasteiger partial charge in [0, 0.05) is 5.39 Å². The zero-order valence-electron chi connectivity index (χ0n) is 12.1. The highest BCUT2D eigenvalue weighted by atomic mass is 32.1. The van der Waals surface area contributed by atoms with Crippen LogP contribution in [0.5, 0.6) is 0 Å². The predicted molar refractivity (Wildman–Crippen MR) is 90.8 cm³/mol. The summed E-state index contributed by atoms with van der Waals surface area (Å²) < 4.78 is 0. The summed E-state index contributed by atoms with van der Waals surface area (Å²) in [4.78, 5) is 28.1. The third-order valence-electron chi connectivity index (χ3n) is 3.61. The van der Waals surface area contributed by atoms with Crippen LogP contribution in [0.1, 0.15) is 21.5 Å². The number of nitrogens with one attached hydrogen (secondary N) is 1. The van der Waals surface area contributed by atoms with E-state index in [0.717, 1.165) is 21.3 Å². The molecule has 0 aliphatic rings. The molecule has 0 saturated heterocycles. The Bertz CT molecular complexity index is 904. The fourth-order valence-electron chi connectivity index (χ4n) is 2.47. The van der Waals surface area contributed by atoms with Gasteiger partial charge in [0.25, 0.3) is 5.56 Å². The number of carbonyl (C=O) groups is 1. The number of hydrogen-bond donors (Lipinski definition) is 1. The fraction of sp³-hybridized carbons (Fsp3) is 0.111. The third-order valence-corrected chi connectivity index (χ3v) is 4.44. The van der Waals surface area contributed by atoms with Gasteiger partial charge >= 0.3 is 0 Å². The Morgan fingerprint density at radius 1 is 1.23 bits per heavy atom. The number of thiophene rings is 1. The summed E-state index contributed by atoms with van der Waals surface area (Å²) in [5.41, 5.74) is 1.79. The zero-order valence-corrected chi connectivity index (χ0v) is 12.9. The Hall–Kier alpha value is -2.46. The number of aromatic nitrogens is 1. The van der Waals surface area contributed by atoms with Crippen LogP contribution in [-0.2, 0) is 6.42 Å². The van der Waals surface area contributed by atoms with Crippen molar-refractivity contribution in [2.45, 2.75) is 13.3 Å². The van der Waals surface area contributed by atoms with Crippen LogP contribution in [0.15, 0.2) is 58.7 Å². The maximum absolute atomic E-state index is 12.3. The first-order valence-electron chi connectivity index (χ1n) is 7.01. The number of aryl methyl sites for hydroxylation is 1. The SMILES string of the molecule is Cc1c(C(=O)C=CCc2ccccc2)c(=O)[nH]c2sccc12. The van der Waals surface area contributed by atoms with Crippen LogP contribution in [-0.4, -0.2) is 10.8 Å². The van der Waals surface area contributed by atoms with Gasteiger partial charge in [-0.1, -0.05) is 36.4 Å². The Labute approximate surface area is 131 Å². The van der Waals surface area contributed by atoms with Crippen molar-refractivity contribution in [3.63, 3.8) is 0 Å². The van der Waals surface area contributed by atoms with Crippen molar-refractivity contribution in [2.75, 3.05) is 0 Å². The maximum atomic E-state index is 12.3. The minimum absolute atomic E-state index is 0.232. The summed E-state index contributed by atoms with van der Waals surface area (Å²) in [6.45, 7) is 1.82. The van der Waals surface area contributed by atoms with E-state index < -0.39 is 0 Å². The first-order valence-corrected chi connectivity index (χ1v) is 7.89. The topological polar surface area (TPSA) is 49.9 Å². The average Bonchev–Trinajstić information content (AvgIpc) is 2.97. The summed E-state index contributed by atoms with van der Waals surface area (Å²) in [7, 11) is 0. The van der Waals surface area contributed by atoms with E-state index in [1.807, 2.05) is 48.7 Å². The van der Waals surface area contributed by atoms with Crippen LogP contribution in [0.3, 0.4) is 0 Å². The number of H-pyrrole nitrogens is 1. The van der Waals surface area contributed by atoms with Gasteiger partial charge < -0.3 is 4.98 Å².